The Labute approximate surface area is 143 Å². The van der Waals surface area contributed by atoms with Crippen LogP contribution in [0.3, 0.4) is 0 Å². The first-order valence-electron chi connectivity index (χ1n) is 8.27. The lowest BCUT2D eigenvalue weighted by Gasteiger charge is -2.31. The Morgan fingerprint density at radius 2 is 2.12 bits per heavy atom. The Balaban J connectivity index is 3.06. The van der Waals surface area contributed by atoms with Gasteiger partial charge in [-0.1, -0.05) is 13.0 Å². The molecule has 0 bridgehead atoms. The van der Waals surface area contributed by atoms with Crippen LogP contribution in [0.5, 0.6) is 0 Å². The van der Waals surface area contributed by atoms with Crippen molar-refractivity contribution in [3.05, 3.63) is 18.4 Å². The lowest BCUT2D eigenvalue weighted by molar-refractivity contribution is -0.160. The predicted molar refractivity (Wildman–Crippen MR) is 91.7 cm³/mol. The summed E-state index contributed by atoms with van der Waals surface area (Å²) in [5.41, 5.74) is -0.216. The van der Waals surface area contributed by atoms with E-state index < -0.39 is 11.6 Å². The minimum Gasteiger partial charge on any atom is -0.458 e. The van der Waals surface area contributed by atoms with Crippen LogP contribution in [0.25, 0.3) is 0 Å². The van der Waals surface area contributed by atoms with Gasteiger partial charge >= 0.3 is 5.97 Å². The van der Waals surface area contributed by atoms with Crippen molar-refractivity contribution in [2.24, 2.45) is 5.92 Å². The van der Waals surface area contributed by atoms with Crippen molar-refractivity contribution in [1.82, 2.24) is 10.2 Å². The number of likely N-dealkylation sites (tertiary alicyclic amines) is 1. The number of rotatable bonds is 6. The second-order valence-corrected chi connectivity index (χ2v) is 7.07. The molecule has 1 aliphatic heterocycles. The van der Waals surface area contributed by atoms with Crippen LogP contribution in [-0.2, 0) is 19.1 Å². The maximum absolute atomic E-state index is 12.6. The molecule has 3 atom stereocenters. The molecule has 1 aliphatic rings. The first-order chi connectivity index (χ1) is 11.1. The van der Waals surface area contributed by atoms with Crippen LogP contribution in [0.1, 0.15) is 47.5 Å². The molecule has 3 unspecified atom stereocenters. The summed E-state index contributed by atoms with van der Waals surface area (Å²) in [7, 11) is 0. The molecule has 6 nitrogen and oxygen atoms in total. The number of hydrogen-bond acceptors (Lipinski definition) is 5. The molecule has 1 rings (SSSR count). The van der Waals surface area contributed by atoms with E-state index in [0.29, 0.717) is 25.1 Å². The lowest BCUT2D eigenvalue weighted by atomic mass is 10.0. The molecule has 0 saturated carbocycles. The number of esters is 1. The zero-order chi connectivity index (χ0) is 18.5. The number of amides is 1. The van der Waals surface area contributed by atoms with Gasteiger partial charge in [0, 0.05) is 25.4 Å². The van der Waals surface area contributed by atoms with Crippen LogP contribution >= 0.6 is 0 Å². The minimum atomic E-state index is -0.609. The molecule has 0 spiro atoms. The molecule has 1 amide bonds. The van der Waals surface area contributed by atoms with E-state index in [1.165, 1.54) is 6.92 Å². The van der Waals surface area contributed by atoms with Gasteiger partial charge in [-0.15, -0.1) is 6.58 Å². The average Bonchev–Trinajstić information content (AvgIpc) is 2.81. The van der Waals surface area contributed by atoms with Crippen molar-refractivity contribution in [2.75, 3.05) is 6.54 Å². The number of allylic oxidation sites excluding steroid dienone is 1. The van der Waals surface area contributed by atoms with Crippen molar-refractivity contribution in [2.45, 2.75) is 65.1 Å². The molecular weight excluding hydrogens is 308 g/mol. The van der Waals surface area contributed by atoms with Crippen molar-refractivity contribution in [3.63, 3.8) is 0 Å². The number of ether oxygens (including phenoxy) is 1. The maximum atomic E-state index is 12.6. The highest BCUT2D eigenvalue weighted by molar-refractivity contribution is 5.78. The second-order valence-electron chi connectivity index (χ2n) is 7.07. The van der Waals surface area contributed by atoms with Crippen LogP contribution in [0, 0.1) is 5.92 Å². The van der Waals surface area contributed by atoms with Crippen molar-refractivity contribution < 1.29 is 19.1 Å². The fourth-order valence-corrected chi connectivity index (χ4v) is 2.82. The smallest absolute Gasteiger partial charge is 0.329 e. The normalized spacial score (nSPS) is 21.9. The van der Waals surface area contributed by atoms with Crippen LogP contribution in [0.15, 0.2) is 18.4 Å². The van der Waals surface area contributed by atoms with Gasteiger partial charge in [-0.3, -0.25) is 4.79 Å². The molecule has 0 aromatic rings. The number of carbonyl (C=O) groups is 2. The topological polar surface area (TPSA) is 75.7 Å². The van der Waals surface area contributed by atoms with Gasteiger partial charge in [0.1, 0.15) is 23.3 Å². The van der Waals surface area contributed by atoms with E-state index in [0.717, 1.165) is 0 Å². The van der Waals surface area contributed by atoms with E-state index in [9.17, 15) is 14.4 Å². The number of hydrogen-bond donors (Lipinski definition) is 1. The van der Waals surface area contributed by atoms with E-state index >= 15 is 0 Å². The summed E-state index contributed by atoms with van der Waals surface area (Å²) in [6.45, 7) is 12.9. The third kappa shape index (κ3) is 5.24. The quantitative estimate of drug-likeness (QED) is 0.455. The Kier molecular flexibility index (Phi) is 6.79. The number of nitrogens with one attached hydrogen (secondary N) is 1. The fourth-order valence-electron chi connectivity index (χ4n) is 2.82. The largest absolute Gasteiger partial charge is 0.458 e. The molecule has 134 valence electrons. The van der Waals surface area contributed by atoms with Gasteiger partial charge < -0.3 is 15.0 Å². The standard InChI is InChI=1S/C18H28N2O4/c1-7-13-9-15(17(23)24-18(4,5)6)20(16(13)11-21)10-14(8-2)19-12(3)22/h7,13-15H,1,8-10H2,2-6H3,(H,19,22). The van der Waals surface area contributed by atoms with Gasteiger partial charge in [-0.25, -0.2) is 9.59 Å². The van der Waals surface area contributed by atoms with Crippen LogP contribution in [0.4, 0.5) is 0 Å². The summed E-state index contributed by atoms with van der Waals surface area (Å²) in [6, 6.07) is -0.745. The molecule has 1 fully saturated rings. The SMILES string of the molecule is C=CC1CC(C(=O)OC(C)(C)C)N(CC(CC)NC(C)=O)C1=C=O. The van der Waals surface area contributed by atoms with E-state index in [4.69, 9.17) is 4.74 Å². The van der Waals surface area contributed by atoms with Gasteiger partial charge in [0.15, 0.2) is 0 Å². The highest BCUT2D eigenvalue weighted by Gasteiger charge is 2.42. The molecular formula is C18H28N2O4. The Hall–Kier alpha value is -2.07. The molecule has 1 N–H and O–H groups in total. The first-order valence-corrected chi connectivity index (χ1v) is 8.27. The molecule has 1 heterocycles. The summed E-state index contributed by atoms with van der Waals surface area (Å²) >= 11 is 0. The third-order valence-corrected chi connectivity index (χ3v) is 3.90. The summed E-state index contributed by atoms with van der Waals surface area (Å²) in [5, 5.41) is 2.84. The Bertz CT molecular complexity index is 544. The van der Waals surface area contributed by atoms with Gasteiger partial charge in [-0.2, -0.15) is 0 Å². The molecule has 1 saturated heterocycles. The molecule has 6 heteroatoms. The first kappa shape index (κ1) is 20.0. The highest BCUT2D eigenvalue weighted by atomic mass is 16.6. The molecule has 0 aromatic carbocycles. The Morgan fingerprint density at radius 3 is 2.54 bits per heavy atom. The highest BCUT2D eigenvalue weighted by Crippen LogP contribution is 2.34. The van der Waals surface area contributed by atoms with E-state index in [-0.39, 0.29) is 23.8 Å². The number of carbonyl (C=O) groups excluding carboxylic acids is 3. The van der Waals surface area contributed by atoms with Gasteiger partial charge in [0.05, 0.1) is 0 Å². The van der Waals surface area contributed by atoms with Crippen molar-refractivity contribution in [1.29, 1.82) is 0 Å². The van der Waals surface area contributed by atoms with Gasteiger partial charge in [0.2, 0.25) is 5.91 Å². The lowest BCUT2D eigenvalue weighted by Crippen LogP contribution is -2.47. The molecule has 0 aromatic heterocycles. The predicted octanol–water partition coefficient (Wildman–Crippen LogP) is 1.83. The average molecular weight is 336 g/mol. The Morgan fingerprint density at radius 1 is 1.50 bits per heavy atom. The van der Waals surface area contributed by atoms with Crippen LogP contribution in [-0.4, -0.2) is 46.9 Å². The van der Waals surface area contributed by atoms with Gasteiger partial charge in [0.25, 0.3) is 0 Å². The number of nitrogens with zero attached hydrogens (tertiary/aromatic N) is 1. The summed E-state index contributed by atoms with van der Waals surface area (Å²) in [4.78, 5) is 37.0. The van der Waals surface area contributed by atoms with Crippen molar-refractivity contribution >= 4 is 17.8 Å². The van der Waals surface area contributed by atoms with E-state index in [2.05, 4.69) is 11.9 Å². The second kappa shape index (κ2) is 8.15. The van der Waals surface area contributed by atoms with Crippen LogP contribution in [0.2, 0.25) is 0 Å². The third-order valence-electron chi connectivity index (χ3n) is 3.90. The van der Waals surface area contributed by atoms with Crippen molar-refractivity contribution in [3.8, 4) is 0 Å². The van der Waals surface area contributed by atoms with E-state index in [1.807, 2.05) is 12.9 Å². The summed E-state index contributed by atoms with van der Waals surface area (Å²) < 4.78 is 5.49. The zero-order valence-electron chi connectivity index (χ0n) is 15.2. The summed E-state index contributed by atoms with van der Waals surface area (Å²) in [6.07, 6.45) is 2.76. The molecule has 0 radical (unpaired) electrons. The van der Waals surface area contributed by atoms with Gasteiger partial charge in [-0.05, 0) is 33.6 Å². The minimum absolute atomic E-state index is 0.147. The molecule has 24 heavy (non-hydrogen) atoms. The fraction of sp³-hybridized carbons (Fsp3) is 0.667. The molecule has 0 aliphatic carbocycles. The van der Waals surface area contributed by atoms with Crippen LogP contribution < -0.4 is 5.32 Å². The van der Waals surface area contributed by atoms with E-state index in [1.54, 1.807) is 31.7 Å². The zero-order valence-corrected chi connectivity index (χ0v) is 15.2. The summed E-state index contributed by atoms with van der Waals surface area (Å²) in [5.74, 6) is 1.18. The monoisotopic (exact) mass is 336 g/mol. The maximum Gasteiger partial charge on any atom is 0.329 e.